The Labute approximate surface area is 213 Å². The lowest BCUT2D eigenvalue weighted by Gasteiger charge is -2.31. The fraction of sp³-hybridized carbons (Fsp3) is 0.542. The first-order valence-corrected chi connectivity index (χ1v) is 13.4. The molecular weight excluding hydrogens is 494 g/mol. The summed E-state index contributed by atoms with van der Waals surface area (Å²) < 4.78 is 0. The van der Waals surface area contributed by atoms with Crippen LogP contribution in [-0.4, -0.2) is 56.8 Å². The number of imide groups is 1. The van der Waals surface area contributed by atoms with Crippen LogP contribution in [0.15, 0.2) is 30.4 Å². The maximum Gasteiger partial charge on any atom is 0.324 e. The van der Waals surface area contributed by atoms with E-state index in [0.29, 0.717) is 12.2 Å². The van der Waals surface area contributed by atoms with Crippen molar-refractivity contribution < 1.29 is 24.4 Å². The molecule has 1 aromatic carbocycles. The van der Waals surface area contributed by atoms with E-state index in [9.17, 15) is 29.6 Å². The quantitative estimate of drug-likeness (QED) is 0.137. The minimum atomic E-state index is -1.73. The first kappa shape index (κ1) is 27.2. The largest absolute Gasteiger partial charge is 0.480 e. The molecule has 11 heteroatoms. The minimum Gasteiger partial charge on any atom is -0.480 e. The van der Waals surface area contributed by atoms with Gasteiger partial charge < -0.3 is 5.11 Å². The number of thioether (sulfide) groups is 1. The highest BCUT2D eigenvalue weighted by Gasteiger charge is 2.68. The second-order valence-electron chi connectivity index (χ2n) is 8.84. The number of carboxylic acid groups (broad SMARTS) is 1. The van der Waals surface area contributed by atoms with Crippen LogP contribution in [0.2, 0.25) is 5.02 Å². The molecule has 2 aliphatic rings. The molecule has 3 rings (SSSR count). The van der Waals surface area contributed by atoms with Crippen molar-refractivity contribution in [3.05, 3.63) is 51.1 Å². The van der Waals surface area contributed by atoms with E-state index in [4.69, 9.17) is 11.6 Å². The van der Waals surface area contributed by atoms with Gasteiger partial charge in [0, 0.05) is 23.2 Å². The number of amides is 2. The van der Waals surface area contributed by atoms with Crippen LogP contribution in [0, 0.1) is 22.0 Å². The number of aliphatic carboxylic acids is 1. The highest BCUT2D eigenvalue weighted by molar-refractivity contribution is 7.98. The Morgan fingerprint density at radius 3 is 2.66 bits per heavy atom. The van der Waals surface area contributed by atoms with Crippen LogP contribution in [-0.2, 0) is 14.4 Å². The molecule has 1 aromatic rings. The number of carboxylic acids is 1. The second kappa shape index (κ2) is 11.5. The number of nitrogens with one attached hydrogen (secondary N) is 1. The standard InChI is InChI=1S/C24H30ClN3O6S/c1-3-4-5-6-7-8-12-27-21(29)18-19(22(27)30)24(23(31)32,11-13-35-2)26-20(18)16-14-15(25)9-10-17(16)28(33)34/h6-7,9-10,14,18-20,26H,3-5,8,11-13H2,1-2H3,(H,31,32)/b7-6+. The monoisotopic (exact) mass is 523 g/mol. The Morgan fingerprint density at radius 1 is 1.31 bits per heavy atom. The number of unbranched alkanes of at least 4 members (excludes halogenated alkanes) is 2. The normalized spacial score (nSPS) is 26.0. The van der Waals surface area contributed by atoms with Crippen molar-refractivity contribution >= 4 is 46.8 Å². The average molecular weight is 524 g/mol. The van der Waals surface area contributed by atoms with Crippen LogP contribution < -0.4 is 5.32 Å². The van der Waals surface area contributed by atoms with Gasteiger partial charge in [0.1, 0.15) is 5.54 Å². The number of fused-ring (bicyclic) bond motifs is 1. The number of carbonyl (C=O) groups excluding carboxylic acids is 2. The fourth-order valence-corrected chi connectivity index (χ4v) is 5.75. The van der Waals surface area contributed by atoms with Gasteiger partial charge in [-0.1, -0.05) is 43.5 Å². The summed E-state index contributed by atoms with van der Waals surface area (Å²) in [7, 11) is 0. The maximum absolute atomic E-state index is 13.5. The molecule has 9 nitrogen and oxygen atoms in total. The number of benzene rings is 1. The molecule has 0 bridgehead atoms. The van der Waals surface area contributed by atoms with Crippen molar-refractivity contribution in [1.29, 1.82) is 0 Å². The lowest BCUT2D eigenvalue weighted by atomic mass is 9.78. The first-order chi connectivity index (χ1) is 16.7. The van der Waals surface area contributed by atoms with Crippen LogP contribution in [0.3, 0.4) is 0 Å². The highest BCUT2D eigenvalue weighted by Crippen LogP contribution is 2.52. The number of nitro groups is 1. The van der Waals surface area contributed by atoms with Gasteiger partial charge in [-0.2, -0.15) is 11.8 Å². The van der Waals surface area contributed by atoms with E-state index in [0.717, 1.165) is 24.2 Å². The van der Waals surface area contributed by atoms with Crippen molar-refractivity contribution in [3.63, 3.8) is 0 Å². The molecule has 2 N–H and O–H groups in total. The zero-order chi connectivity index (χ0) is 25.8. The third kappa shape index (κ3) is 5.24. The summed E-state index contributed by atoms with van der Waals surface area (Å²) in [6.07, 6.45) is 9.30. The van der Waals surface area contributed by atoms with E-state index in [1.165, 1.54) is 30.0 Å². The molecule has 4 atom stereocenters. The fourth-order valence-electron chi connectivity index (χ4n) is 5.05. The first-order valence-electron chi connectivity index (χ1n) is 11.6. The molecule has 0 spiro atoms. The lowest BCUT2D eigenvalue weighted by molar-refractivity contribution is -0.385. The van der Waals surface area contributed by atoms with Gasteiger partial charge in [0.15, 0.2) is 0 Å². The van der Waals surface area contributed by atoms with Crippen molar-refractivity contribution in [2.75, 3.05) is 18.6 Å². The predicted octanol–water partition coefficient (Wildman–Crippen LogP) is 4.21. The van der Waals surface area contributed by atoms with Crippen LogP contribution in [0.25, 0.3) is 0 Å². The number of nitro benzene ring substituents is 1. The van der Waals surface area contributed by atoms with E-state index in [1.807, 2.05) is 18.4 Å². The highest BCUT2D eigenvalue weighted by atomic mass is 35.5. The third-order valence-electron chi connectivity index (χ3n) is 6.76. The molecule has 35 heavy (non-hydrogen) atoms. The summed E-state index contributed by atoms with van der Waals surface area (Å²) in [6.45, 7) is 2.23. The minimum absolute atomic E-state index is 0.0826. The number of rotatable bonds is 12. The molecule has 0 aliphatic carbocycles. The summed E-state index contributed by atoms with van der Waals surface area (Å²) in [5.41, 5.74) is -1.91. The molecule has 2 saturated heterocycles. The lowest BCUT2D eigenvalue weighted by Crippen LogP contribution is -2.56. The van der Waals surface area contributed by atoms with Gasteiger partial charge in [0.05, 0.1) is 22.8 Å². The zero-order valence-electron chi connectivity index (χ0n) is 19.7. The van der Waals surface area contributed by atoms with Gasteiger partial charge in [-0.25, -0.2) is 0 Å². The number of hydrogen-bond acceptors (Lipinski definition) is 7. The number of hydrogen-bond donors (Lipinski definition) is 2. The zero-order valence-corrected chi connectivity index (χ0v) is 21.3. The average Bonchev–Trinajstić information content (AvgIpc) is 3.29. The Bertz CT molecular complexity index is 1030. The molecule has 2 aliphatic heterocycles. The topological polar surface area (TPSA) is 130 Å². The van der Waals surface area contributed by atoms with Gasteiger partial charge in [-0.3, -0.25) is 34.7 Å². The predicted molar refractivity (Wildman–Crippen MR) is 134 cm³/mol. The Hall–Kier alpha value is -2.43. The van der Waals surface area contributed by atoms with Gasteiger partial charge in [0.2, 0.25) is 11.8 Å². The Balaban J connectivity index is 2.03. The molecule has 0 radical (unpaired) electrons. The molecule has 4 unspecified atom stereocenters. The molecular formula is C24H30ClN3O6S. The number of likely N-dealkylation sites (tertiary alicyclic amines) is 1. The van der Waals surface area contributed by atoms with Crippen molar-refractivity contribution in [1.82, 2.24) is 10.2 Å². The smallest absolute Gasteiger partial charge is 0.324 e. The number of halogens is 1. The SMILES string of the molecule is CCCC/C=C/CCN1C(=O)C2C(c3cc(Cl)ccc3[N+](=O)[O-])NC(CCSC)(C(=O)O)C2C1=O. The summed E-state index contributed by atoms with van der Waals surface area (Å²) in [6, 6.07) is 2.93. The van der Waals surface area contributed by atoms with Crippen LogP contribution in [0.5, 0.6) is 0 Å². The third-order valence-corrected chi connectivity index (χ3v) is 7.61. The van der Waals surface area contributed by atoms with E-state index >= 15 is 0 Å². The number of nitrogens with zero attached hydrogens (tertiary/aromatic N) is 2. The van der Waals surface area contributed by atoms with Crippen molar-refractivity contribution in [3.8, 4) is 0 Å². The second-order valence-corrected chi connectivity index (χ2v) is 10.3. The molecule has 0 saturated carbocycles. The number of carbonyl (C=O) groups is 3. The summed E-state index contributed by atoms with van der Waals surface area (Å²) in [5, 5.41) is 25.3. The van der Waals surface area contributed by atoms with Gasteiger partial charge in [-0.05, 0) is 43.4 Å². The summed E-state index contributed by atoms with van der Waals surface area (Å²) >= 11 is 7.56. The van der Waals surface area contributed by atoms with Crippen molar-refractivity contribution in [2.24, 2.45) is 11.8 Å². The Kier molecular flexibility index (Phi) is 8.95. The van der Waals surface area contributed by atoms with Gasteiger partial charge in [0.25, 0.3) is 5.69 Å². The number of allylic oxidation sites excluding steroid dienone is 1. The molecule has 2 fully saturated rings. The molecule has 0 aromatic heterocycles. The van der Waals surface area contributed by atoms with E-state index in [1.54, 1.807) is 0 Å². The van der Waals surface area contributed by atoms with Crippen LogP contribution >= 0.6 is 23.4 Å². The van der Waals surface area contributed by atoms with Crippen LogP contribution in [0.1, 0.15) is 50.6 Å². The van der Waals surface area contributed by atoms with E-state index < -0.39 is 46.1 Å². The van der Waals surface area contributed by atoms with Gasteiger partial charge >= 0.3 is 5.97 Å². The summed E-state index contributed by atoms with van der Waals surface area (Å²) in [4.78, 5) is 52.0. The molecule has 2 heterocycles. The Morgan fingerprint density at radius 2 is 2.03 bits per heavy atom. The van der Waals surface area contributed by atoms with E-state index in [2.05, 4.69) is 12.2 Å². The maximum atomic E-state index is 13.5. The molecule has 2 amide bonds. The summed E-state index contributed by atoms with van der Waals surface area (Å²) in [5.74, 6) is -4.15. The van der Waals surface area contributed by atoms with Gasteiger partial charge in [-0.15, -0.1) is 0 Å². The molecule has 190 valence electrons. The van der Waals surface area contributed by atoms with Crippen molar-refractivity contribution in [2.45, 2.75) is 50.6 Å². The van der Waals surface area contributed by atoms with Crippen LogP contribution in [0.4, 0.5) is 5.69 Å². The van der Waals surface area contributed by atoms with E-state index in [-0.39, 0.29) is 29.2 Å².